The highest BCUT2D eigenvalue weighted by Gasteiger charge is 2.56. The van der Waals surface area contributed by atoms with Gasteiger partial charge < -0.3 is 29.2 Å². The number of phenolic OH excluding ortho intramolecular Hbond substituents is 2. The molecular formula is C33H45N3O6. The van der Waals surface area contributed by atoms with Crippen LogP contribution in [0.25, 0.3) is 0 Å². The molecule has 2 aromatic rings. The third-order valence-electron chi connectivity index (χ3n) is 9.99. The molecule has 0 radical (unpaired) electrons. The Morgan fingerprint density at radius 1 is 0.786 bits per heavy atom. The first-order valence-electron chi connectivity index (χ1n) is 15.0. The van der Waals surface area contributed by atoms with Crippen molar-refractivity contribution in [2.24, 2.45) is 0 Å². The Morgan fingerprint density at radius 2 is 1.31 bits per heavy atom. The number of piperazine rings is 1. The lowest BCUT2D eigenvalue weighted by Crippen LogP contribution is -2.68. The minimum absolute atomic E-state index is 0.127. The monoisotopic (exact) mass is 579 g/mol. The van der Waals surface area contributed by atoms with Gasteiger partial charge in [-0.05, 0) is 40.2 Å². The van der Waals surface area contributed by atoms with Gasteiger partial charge in [0.25, 0.3) is 0 Å². The van der Waals surface area contributed by atoms with Gasteiger partial charge in [-0.15, -0.1) is 0 Å². The Bertz CT molecular complexity index is 1400. The van der Waals surface area contributed by atoms with Gasteiger partial charge in [-0.1, -0.05) is 32.6 Å². The van der Waals surface area contributed by atoms with Crippen molar-refractivity contribution in [3.63, 3.8) is 0 Å². The number of nitrogens with zero attached hydrogens (tertiary/aromatic N) is 3. The van der Waals surface area contributed by atoms with E-state index < -0.39 is 6.04 Å². The van der Waals surface area contributed by atoms with Crippen LogP contribution >= 0.6 is 0 Å². The van der Waals surface area contributed by atoms with Crippen LogP contribution in [-0.2, 0) is 12.8 Å². The van der Waals surface area contributed by atoms with E-state index in [1.54, 1.807) is 28.4 Å². The van der Waals surface area contributed by atoms with E-state index in [-0.39, 0.29) is 35.7 Å². The number of unbranched alkanes of at least 4 members (excludes halogenated alkanes) is 3. The van der Waals surface area contributed by atoms with Crippen molar-refractivity contribution in [2.75, 3.05) is 35.5 Å². The molecule has 3 heterocycles. The maximum Gasteiger partial charge on any atom is 0.167 e. The average Bonchev–Trinajstić information content (AvgIpc) is 2.96. The zero-order valence-corrected chi connectivity index (χ0v) is 26.2. The fourth-order valence-corrected chi connectivity index (χ4v) is 8.26. The molecule has 5 rings (SSSR count). The largest absolute Gasteiger partial charge is 0.504 e. The van der Waals surface area contributed by atoms with Crippen LogP contribution in [0.1, 0.15) is 84.5 Å². The minimum Gasteiger partial charge on any atom is -0.504 e. The number of fused-ring (bicyclic) bond motifs is 7. The number of methoxy groups -OCH3 is 4. The normalized spacial score (nSPS) is 24.7. The fourth-order valence-electron chi connectivity index (χ4n) is 8.26. The number of ether oxygens (including phenoxy) is 4. The van der Waals surface area contributed by atoms with Gasteiger partial charge in [-0.3, -0.25) is 9.80 Å². The first-order chi connectivity index (χ1) is 20.2. The summed E-state index contributed by atoms with van der Waals surface area (Å²) in [6.07, 6.45) is 6.15. The number of hydrogen-bond acceptors (Lipinski definition) is 9. The zero-order chi connectivity index (χ0) is 30.5. The SMILES string of the molecule is CCCCCCC1c2c(O)c(OC)c(C)c(OC)c2CC2[C@H]3c4c(O)c(OC)c(C)c(OC)c4CC([C@H](C#N)N12)N3C. The number of rotatable bonds is 9. The maximum absolute atomic E-state index is 11.7. The quantitative estimate of drug-likeness (QED) is 0.373. The van der Waals surface area contributed by atoms with E-state index in [1.165, 1.54) is 0 Å². The van der Waals surface area contributed by atoms with Crippen LogP contribution < -0.4 is 18.9 Å². The van der Waals surface area contributed by atoms with Gasteiger partial charge in [-0.25, -0.2) is 0 Å². The van der Waals surface area contributed by atoms with Crippen LogP contribution in [0.15, 0.2) is 0 Å². The van der Waals surface area contributed by atoms with Gasteiger partial charge >= 0.3 is 0 Å². The van der Waals surface area contributed by atoms with Crippen LogP contribution in [0.4, 0.5) is 0 Å². The van der Waals surface area contributed by atoms with Crippen molar-refractivity contribution >= 4 is 0 Å². The molecule has 1 fully saturated rings. The summed E-state index contributed by atoms with van der Waals surface area (Å²) in [4.78, 5) is 4.59. The standard InChI is InChI=1S/C33H45N3O6/c1-9-10-11-12-13-21-25-19(30(39-5)17(2)32(41-7)28(25)37)15-23-27-26-20(14-22(35(27)4)24(16-34)36(21)23)31(40-6)18(3)33(42-8)29(26)38/h21-24,27,37-38H,9-15H2,1-8H3/t21?,22?,23?,24-,27-/m0/s1. The Kier molecular flexibility index (Phi) is 8.41. The van der Waals surface area contributed by atoms with Crippen LogP contribution in [0.2, 0.25) is 0 Å². The highest BCUT2D eigenvalue weighted by molar-refractivity contribution is 5.67. The molecule has 3 aliphatic rings. The molecule has 5 atom stereocenters. The Hall–Kier alpha value is -3.35. The zero-order valence-electron chi connectivity index (χ0n) is 26.2. The number of phenols is 2. The number of nitriles is 1. The number of likely N-dealkylation sites (N-methyl/N-ethyl adjacent to an activating group) is 1. The lowest BCUT2D eigenvalue weighted by molar-refractivity contribution is -0.0753. The predicted molar refractivity (Wildman–Crippen MR) is 160 cm³/mol. The van der Waals surface area contributed by atoms with Crippen molar-refractivity contribution < 1.29 is 29.2 Å². The second kappa shape index (κ2) is 11.7. The molecular weight excluding hydrogens is 534 g/mol. The molecule has 3 unspecified atom stereocenters. The molecule has 2 N–H and O–H groups in total. The molecule has 42 heavy (non-hydrogen) atoms. The van der Waals surface area contributed by atoms with Crippen molar-refractivity contribution in [1.82, 2.24) is 9.80 Å². The first-order valence-corrected chi connectivity index (χ1v) is 15.0. The number of aromatic hydroxyl groups is 2. The highest BCUT2D eigenvalue weighted by atomic mass is 16.5. The van der Waals surface area contributed by atoms with Crippen molar-refractivity contribution in [1.29, 1.82) is 5.26 Å². The fraction of sp³-hybridized carbons (Fsp3) is 0.606. The van der Waals surface area contributed by atoms with E-state index in [0.29, 0.717) is 35.8 Å². The van der Waals surface area contributed by atoms with E-state index in [4.69, 9.17) is 18.9 Å². The lowest BCUT2D eigenvalue weighted by Gasteiger charge is -2.60. The third-order valence-corrected chi connectivity index (χ3v) is 9.99. The second-order valence-corrected chi connectivity index (χ2v) is 11.9. The van der Waals surface area contributed by atoms with Gasteiger partial charge in [0, 0.05) is 51.5 Å². The summed E-state index contributed by atoms with van der Waals surface area (Å²) in [6.45, 7) is 5.99. The summed E-state index contributed by atoms with van der Waals surface area (Å²) in [5, 5.41) is 34.2. The molecule has 1 saturated heterocycles. The molecule has 228 valence electrons. The molecule has 3 aliphatic heterocycles. The van der Waals surface area contributed by atoms with E-state index in [1.807, 2.05) is 13.8 Å². The first kappa shape index (κ1) is 30.1. The summed E-state index contributed by atoms with van der Waals surface area (Å²) < 4.78 is 23.3. The maximum atomic E-state index is 11.7. The van der Waals surface area contributed by atoms with Crippen molar-refractivity contribution in [2.45, 2.75) is 95.9 Å². The summed E-state index contributed by atoms with van der Waals surface area (Å²) in [5.41, 5.74) is 4.97. The molecule has 9 heteroatoms. The van der Waals surface area contributed by atoms with Gasteiger partial charge in [0.15, 0.2) is 23.0 Å². The summed E-state index contributed by atoms with van der Waals surface area (Å²) in [6, 6.07) is 1.45. The number of hydrogen-bond donors (Lipinski definition) is 2. The van der Waals surface area contributed by atoms with Gasteiger partial charge in [0.2, 0.25) is 0 Å². The molecule has 0 aromatic heterocycles. The van der Waals surface area contributed by atoms with E-state index >= 15 is 0 Å². The third kappa shape index (κ3) is 4.25. The Morgan fingerprint density at radius 3 is 1.83 bits per heavy atom. The smallest absolute Gasteiger partial charge is 0.167 e. The predicted octanol–water partition coefficient (Wildman–Crippen LogP) is 5.49. The highest BCUT2D eigenvalue weighted by Crippen LogP contribution is 2.59. The Labute approximate surface area is 249 Å². The van der Waals surface area contributed by atoms with E-state index in [2.05, 4.69) is 29.8 Å². The van der Waals surface area contributed by atoms with Crippen LogP contribution in [0.5, 0.6) is 34.5 Å². The summed E-state index contributed by atoms with van der Waals surface area (Å²) in [7, 11) is 8.49. The van der Waals surface area contributed by atoms with E-state index in [9.17, 15) is 15.5 Å². The molecule has 2 aromatic carbocycles. The van der Waals surface area contributed by atoms with Crippen molar-refractivity contribution in [3.8, 4) is 40.6 Å². The topological polar surface area (TPSA) is 108 Å². The molecule has 0 spiro atoms. The molecule has 0 amide bonds. The summed E-state index contributed by atoms with van der Waals surface area (Å²) in [5.74, 6) is 2.50. The van der Waals surface area contributed by atoms with Crippen molar-refractivity contribution in [3.05, 3.63) is 33.4 Å². The molecule has 2 bridgehead atoms. The minimum atomic E-state index is -0.444. The molecule has 0 aliphatic carbocycles. The second-order valence-electron chi connectivity index (χ2n) is 11.9. The summed E-state index contributed by atoms with van der Waals surface area (Å²) >= 11 is 0. The van der Waals surface area contributed by atoms with Gasteiger partial charge in [-0.2, -0.15) is 5.26 Å². The van der Waals surface area contributed by atoms with E-state index in [0.717, 1.165) is 65.5 Å². The average molecular weight is 580 g/mol. The van der Waals surface area contributed by atoms with Gasteiger partial charge in [0.1, 0.15) is 17.5 Å². The number of benzene rings is 2. The lowest BCUT2D eigenvalue weighted by atomic mass is 9.71. The van der Waals surface area contributed by atoms with Crippen LogP contribution in [-0.4, -0.2) is 73.6 Å². The Balaban J connectivity index is 1.79. The van der Waals surface area contributed by atoms with Gasteiger partial charge in [0.05, 0.1) is 40.6 Å². The van der Waals surface area contributed by atoms with Crippen LogP contribution in [0.3, 0.4) is 0 Å². The molecule has 9 nitrogen and oxygen atoms in total. The van der Waals surface area contributed by atoms with Crippen LogP contribution in [0, 0.1) is 25.2 Å². The molecule has 0 saturated carbocycles.